The highest BCUT2D eigenvalue weighted by molar-refractivity contribution is 7.25. The molecule has 3 heterocycles. The number of ether oxygens (including phenoxy) is 1. The van der Waals surface area contributed by atoms with Crippen LogP contribution < -0.4 is 5.56 Å². The van der Waals surface area contributed by atoms with E-state index < -0.39 is 0 Å². The van der Waals surface area contributed by atoms with Gasteiger partial charge in [-0.25, -0.2) is 9.97 Å². The summed E-state index contributed by atoms with van der Waals surface area (Å²) in [6, 6.07) is 7.73. The van der Waals surface area contributed by atoms with Gasteiger partial charge in [0.25, 0.3) is 5.56 Å². The number of nitrogens with zero attached hydrogens (tertiary/aromatic N) is 3. The second kappa shape index (κ2) is 7.13. The summed E-state index contributed by atoms with van der Waals surface area (Å²) in [4.78, 5) is 22.7. The number of hydrogen-bond donors (Lipinski definition) is 0. The molecule has 0 saturated heterocycles. The van der Waals surface area contributed by atoms with Gasteiger partial charge in [-0.2, -0.15) is 0 Å². The molecule has 4 rings (SSSR count). The van der Waals surface area contributed by atoms with Crippen LogP contribution in [-0.2, 0) is 4.74 Å². The van der Waals surface area contributed by atoms with Crippen molar-refractivity contribution in [2.45, 2.75) is 13.8 Å². The molecule has 27 heavy (non-hydrogen) atoms. The lowest BCUT2D eigenvalue weighted by Crippen LogP contribution is -2.17. The van der Waals surface area contributed by atoms with Gasteiger partial charge in [-0.05, 0) is 32.1 Å². The highest BCUT2D eigenvalue weighted by atomic mass is 35.5. The lowest BCUT2D eigenvalue weighted by atomic mass is 10.2. The maximum atomic E-state index is 13.0. The molecule has 0 bridgehead atoms. The normalized spacial score (nSPS) is 11.7. The number of aryl methyl sites for hydroxylation is 1. The average molecular weight is 398 g/mol. The first-order valence-corrected chi connectivity index (χ1v) is 9.63. The van der Waals surface area contributed by atoms with Crippen LogP contribution >= 0.6 is 22.9 Å². The summed E-state index contributed by atoms with van der Waals surface area (Å²) in [5.41, 5.74) is 3.08. The van der Waals surface area contributed by atoms with Gasteiger partial charge in [0.05, 0.1) is 34.5 Å². The molecule has 7 heteroatoms. The number of fused-ring (bicyclic) bond motifs is 3. The Balaban J connectivity index is 1.92. The predicted molar refractivity (Wildman–Crippen MR) is 111 cm³/mol. The molecule has 0 fully saturated rings. The van der Waals surface area contributed by atoms with Gasteiger partial charge >= 0.3 is 0 Å². The van der Waals surface area contributed by atoms with Gasteiger partial charge < -0.3 is 4.74 Å². The van der Waals surface area contributed by atoms with E-state index >= 15 is 0 Å². The molecule has 0 atom stereocenters. The lowest BCUT2D eigenvalue weighted by Gasteiger charge is -2.05. The zero-order chi connectivity index (χ0) is 19.0. The molecule has 0 aliphatic heterocycles. The van der Waals surface area contributed by atoms with Crippen molar-refractivity contribution in [1.29, 1.82) is 0 Å². The summed E-state index contributed by atoms with van der Waals surface area (Å²) < 4.78 is 7.31. The molecular formula is C20H16ClN3O2S. The molecule has 4 aromatic rings. The van der Waals surface area contributed by atoms with Gasteiger partial charge in [0, 0.05) is 11.8 Å². The fourth-order valence-electron chi connectivity index (χ4n) is 2.80. The third-order valence-electron chi connectivity index (χ3n) is 4.20. The maximum absolute atomic E-state index is 13.0. The standard InChI is InChI=1S/C20H16ClN3O2S/c1-3-26-9-8-13-10-22-19-15(16(13)21)17-18(27-19)20(25)24(11-23-17)14-6-4-12(2)5-7-14/h4-11H,3H2,1-2H3. The van der Waals surface area contributed by atoms with Crippen LogP contribution in [0.5, 0.6) is 0 Å². The largest absolute Gasteiger partial charge is 0.501 e. The zero-order valence-electron chi connectivity index (χ0n) is 14.8. The Morgan fingerprint density at radius 1 is 1.26 bits per heavy atom. The fourth-order valence-corrected chi connectivity index (χ4v) is 4.18. The SMILES string of the molecule is CCOC=Cc1cnc2sc3c(=O)n(-c4ccc(C)cc4)cnc3c2c1Cl. The number of hydrogen-bond acceptors (Lipinski definition) is 5. The molecule has 0 amide bonds. The van der Waals surface area contributed by atoms with Crippen LogP contribution in [0.4, 0.5) is 0 Å². The van der Waals surface area contributed by atoms with Crippen LogP contribution in [0.2, 0.25) is 5.02 Å². The van der Waals surface area contributed by atoms with E-state index in [0.717, 1.165) is 16.8 Å². The van der Waals surface area contributed by atoms with Crippen LogP contribution in [0.1, 0.15) is 18.1 Å². The van der Waals surface area contributed by atoms with Crippen LogP contribution in [0, 0.1) is 6.92 Å². The molecule has 0 radical (unpaired) electrons. The second-order valence-corrected chi connectivity index (χ2v) is 7.38. The monoisotopic (exact) mass is 397 g/mol. The highest BCUT2D eigenvalue weighted by Crippen LogP contribution is 2.36. The Bertz CT molecular complexity index is 1230. The van der Waals surface area contributed by atoms with Crippen LogP contribution in [0.25, 0.3) is 32.2 Å². The quantitative estimate of drug-likeness (QED) is 0.456. The Hall–Kier alpha value is -2.70. The Morgan fingerprint density at radius 3 is 2.78 bits per heavy atom. The Labute approximate surface area is 164 Å². The summed E-state index contributed by atoms with van der Waals surface area (Å²) in [5, 5.41) is 1.21. The lowest BCUT2D eigenvalue weighted by molar-refractivity contribution is 0.272. The molecule has 0 saturated carbocycles. The average Bonchev–Trinajstić information content (AvgIpc) is 3.05. The number of aromatic nitrogens is 3. The summed E-state index contributed by atoms with van der Waals surface area (Å²) in [5.74, 6) is 0. The molecule has 0 N–H and O–H groups in total. The van der Waals surface area contributed by atoms with E-state index in [-0.39, 0.29) is 5.56 Å². The predicted octanol–water partition coefficient (Wildman–Crippen LogP) is 4.96. The summed E-state index contributed by atoms with van der Waals surface area (Å²) >= 11 is 7.88. The van der Waals surface area contributed by atoms with E-state index in [9.17, 15) is 4.79 Å². The number of pyridine rings is 1. The highest BCUT2D eigenvalue weighted by Gasteiger charge is 2.17. The third kappa shape index (κ3) is 3.11. The van der Waals surface area contributed by atoms with Crippen molar-refractivity contribution >= 4 is 49.4 Å². The number of halogens is 1. The number of thiophene rings is 1. The summed E-state index contributed by atoms with van der Waals surface area (Å²) in [7, 11) is 0. The maximum Gasteiger partial charge on any atom is 0.275 e. The first-order valence-electron chi connectivity index (χ1n) is 8.43. The summed E-state index contributed by atoms with van der Waals surface area (Å²) in [6.07, 6.45) is 6.56. The van der Waals surface area contributed by atoms with Crippen molar-refractivity contribution in [2.75, 3.05) is 6.61 Å². The Morgan fingerprint density at radius 2 is 2.04 bits per heavy atom. The minimum Gasteiger partial charge on any atom is -0.501 e. The molecule has 5 nitrogen and oxygen atoms in total. The van der Waals surface area contributed by atoms with Gasteiger partial charge in [-0.15, -0.1) is 11.3 Å². The van der Waals surface area contributed by atoms with E-state index in [1.807, 2.05) is 38.1 Å². The van der Waals surface area contributed by atoms with Crippen LogP contribution in [0.3, 0.4) is 0 Å². The van der Waals surface area contributed by atoms with E-state index in [0.29, 0.717) is 32.1 Å². The first-order chi connectivity index (χ1) is 13.1. The van der Waals surface area contributed by atoms with Gasteiger partial charge in [0.1, 0.15) is 15.9 Å². The topological polar surface area (TPSA) is 57.0 Å². The molecule has 0 aliphatic rings. The molecule has 3 aromatic heterocycles. The minimum atomic E-state index is -0.130. The fraction of sp³-hybridized carbons (Fsp3) is 0.150. The zero-order valence-corrected chi connectivity index (χ0v) is 16.3. The number of rotatable bonds is 4. The molecule has 0 spiro atoms. The minimum absolute atomic E-state index is 0.130. The smallest absolute Gasteiger partial charge is 0.275 e. The van der Waals surface area contributed by atoms with Gasteiger partial charge in [-0.1, -0.05) is 29.3 Å². The summed E-state index contributed by atoms with van der Waals surface area (Å²) in [6.45, 7) is 4.49. The first kappa shape index (κ1) is 17.7. The van der Waals surface area contributed by atoms with Crippen molar-refractivity contribution in [3.63, 3.8) is 0 Å². The van der Waals surface area contributed by atoms with Crippen molar-refractivity contribution in [2.24, 2.45) is 0 Å². The van der Waals surface area contributed by atoms with Crippen molar-refractivity contribution in [3.05, 3.63) is 69.6 Å². The number of benzene rings is 1. The van der Waals surface area contributed by atoms with Crippen molar-refractivity contribution < 1.29 is 4.74 Å². The Kier molecular flexibility index (Phi) is 4.68. The van der Waals surface area contributed by atoms with Gasteiger partial charge in [0.2, 0.25) is 0 Å². The van der Waals surface area contributed by atoms with Gasteiger partial charge in [-0.3, -0.25) is 9.36 Å². The molecular weight excluding hydrogens is 382 g/mol. The second-order valence-electron chi connectivity index (χ2n) is 6.00. The van der Waals surface area contributed by atoms with Crippen molar-refractivity contribution in [1.82, 2.24) is 14.5 Å². The van der Waals surface area contributed by atoms with Crippen LogP contribution in [0.15, 0.2) is 47.8 Å². The molecule has 136 valence electrons. The van der Waals surface area contributed by atoms with Crippen LogP contribution in [-0.4, -0.2) is 21.1 Å². The van der Waals surface area contributed by atoms with E-state index in [2.05, 4.69) is 9.97 Å². The molecule has 0 unspecified atom stereocenters. The van der Waals surface area contributed by atoms with Crippen molar-refractivity contribution in [3.8, 4) is 5.69 Å². The van der Waals surface area contributed by atoms with Gasteiger partial charge in [0.15, 0.2) is 0 Å². The van der Waals surface area contributed by atoms with E-state index in [1.165, 1.54) is 11.3 Å². The molecule has 1 aromatic carbocycles. The van der Waals surface area contributed by atoms with E-state index in [4.69, 9.17) is 16.3 Å². The molecule has 0 aliphatic carbocycles. The third-order valence-corrected chi connectivity index (χ3v) is 5.68. The van der Waals surface area contributed by atoms with E-state index in [1.54, 1.807) is 29.4 Å².